The number of allylic oxidation sites excluding steroid dienone is 10. The normalized spacial score (nSPS) is 14.5. The van der Waals surface area contributed by atoms with Crippen LogP contribution in [0, 0.1) is 5.92 Å². The monoisotopic (exact) mass is 416 g/mol. The van der Waals surface area contributed by atoms with E-state index in [0.29, 0.717) is 12.2 Å². The van der Waals surface area contributed by atoms with Gasteiger partial charge in [-0.05, 0) is 48.1 Å². The average Bonchev–Trinajstić information content (AvgIpc) is 2.72. The Labute approximate surface area is 179 Å². The second kappa shape index (κ2) is 12.7. The molecule has 0 aromatic rings. The summed E-state index contributed by atoms with van der Waals surface area (Å²) in [5, 5.41) is 0. The van der Waals surface area contributed by atoms with Crippen LogP contribution in [0.15, 0.2) is 121 Å². The molecule has 0 aliphatic rings. The number of ether oxygens (including phenoxy) is 1. The summed E-state index contributed by atoms with van der Waals surface area (Å²) in [4.78, 5) is 0. The van der Waals surface area contributed by atoms with E-state index < -0.39 is 23.6 Å². The number of rotatable bonds is 13. The predicted octanol–water partition coefficient (Wildman–Crippen LogP) is 8.13. The molecule has 0 amide bonds. The first kappa shape index (κ1) is 27.2. The quantitative estimate of drug-likeness (QED) is 0.217. The highest BCUT2D eigenvalue weighted by molar-refractivity contribution is 5.53. The van der Waals surface area contributed by atoms with Gasteiger partial charge in [0.2, 0.25) is 0 Å². The van der Waals surface area contributed by atoms with E-state index in [1.165, 1.54) is 25.2 Å². The minimum Gasteiger partial charge on any atom is -0.373 e. The fourth-order valence-corrected chi connectivity index (χ4v) is 1.85. The SMILES string of the molecule is C=CC(C)COC(C)C(=C)/C=C(/F)C(=C)C(=C)/C=C\C(=C)C(=C)/C(F)=C(/F)C(=C)C. The Hall–Kier alpha value is -2.85. The van der Waals surface area contributed by atoms with Crippen molar-refractivity contribution in [1.82, 2.24) is 0 Å². The van der Waals surface area contributed by atoms with Gasteiger partial charge >= 0.3 is 0 Å². The van der Waals surface area contributed by atoms with E-state index in [9.17, 15) is 13.2 Å². The van der Waals surface area contributed by atoms with Crippen LogP contribution >= 0.6 is 0 Å². The van der Waals surface area contributed by atoms with Crippen LogP contribution in [0.5, 0.6) is 0 Å². The van der Waals surface area contributed by atoms with Crippen LogP contribution in [-0.4, -0.2) is 12.7 Å². The Morgan fingerprint density at radius 1 is 0.867 bits per heavy atom. The highest BCUT2D eigenvalue weighted by atomic mass is 19.2. The zero-order valence-corrected chi connectivity index (χ0v) is 18.2. The summed E-state index contributed by atoms with van der Waals surface area (Å²) >= 11 is 0. The van der Waals surface area contributed by atoms with Gasteiger partial charge in [0.05, 0.1) is 12.7 Å². The van der Waals surface area contributed by atoms with Crippen molar-refractivity contribution < 1.29 is 17.9 Å². The molecule has 0 bridgehead atoms. The Morgan fingerprint density at radius 3 is 1.83 bits per heavy atom. The number of hydrogen-bond donors (Lipinski definition) is 0. The fourth-order valence-electron chi connectivity index (χ4n) is 1.85. The van der Waals surface area contributed by atoms with E-state index in [-0.39, 0.29) is 33.8 Å². The topological polar surface area (TPSA) is 9.23 Å². The molecule has 0 heterocycles. The van der Waals surface area contributed by atoms with Crippen molar-refractivity contribution in [3.05, 3.63) is 121 Å². The van der Waals surface area contributed by atoms with Gasteiger partial charge in [-0.1, -0.05) is 64.6 Å². The average molecular weight is 417 g/mol. The van der Waals surface area contributed by atoms with Crippen molar-refractivity contribution in [3.8, 4) is 0 Å². The van der Waals surface area contributed by atoms with Gasteiger partial charge in [-0.3, -0.25) is 0 Å². The third-order valence-electron chi connectivity index (χ3n) is 4.23. The van der Waals surface area contributed by atoms with Crippen LogP contribution < -0.4 is 0 Å². The molecule has 0 radical (unpaired) electrons. The van der Waals surface area contributed by atoms with Crippen LogP contribution in [0.1, 0.15) is 20.8 Å². The lowest BCUT2D eigenvalue weighted by Gasteiger charge is -2.16. The van der Waals surface area contributed by atoms with Gasteiger partial charge < -0.3 is 4.74 Å². The molecule has 0 aliphatic carbocycles. The van der Waals surface area contributed by atoms with E-state index in [0.717, 1.165) is 0 Å². The van der Waals surface area contributed by atoms with Gasteiger partial charge in [0.1, 0.15) is 5.83 Å². The van der Waals surface area contributed by atoms with Crippen LogP contribution in [-0.2, 0) is 4.74 Å². The van der Waals surface area contributed by atoms with E-state index >= 15 is 0 Å². The molecule has 0 rings (SSSR count). The molecule has 0 fully saturated rings. The molecular weight excluding hydrogens is 385 g/mol. The largest absolute Gasteiger partial charge is 0.373 e. The smallest absolute Gasteiger partial charge is 0.166 e. The molecule has 30 heavy (non-hydrogen) atoms. The second-order valence-electron chi connectivity index (χ2n) is 7.00. The number of halogens is 3. The maximum atomic E-state index is 14.5. The highest BCUT2D eigenvalue weighted by Gasteiger charge is 2.13. The molecule has 0 spiro atoms. The van der Waals surface area contributed by atoms with Crippen molar-refractivity contribution in [2.24, 2.45) is 5.92 Å². The molecule has 2 atom stereocenters. The Morgan fingerprint density at radius 2 is 1.37 bits per heavy atom. The van der Waals surface area contributed by atoms with Gasteiger partial charge in [-0.15, -0.1) is 6.58 Å². The van der Waals surface area contributed by atoms with Crippen molar-refractivity contribution in [2.45, 2.75) is 26.9 Å². The zero-order valence-electron chi connectivity index (χ0n) is 18.2. The van der Waals surface area contributed by atoms with Crippen LogP contribution in [0.2, 0.25) is 0 Å². The predicted molar refractivity (Wildman–Crippen MR) is 123 cm³/mol. The second-order valence-corrected chi connectivity index (χ2v) is 7.00. The summed E-state index contributed by atoms with van der Waals surface area (Å²) in [6.45, 7) is 30.8. The summed E-state index contributed by atoms with van der Waals surface area (Å²) < 4.78 is 47.7. The van der Waals surface area contributed by atoms with Crippen LogP contribution in [0.3, 0.4) is 0 Å². The first-order valence-electron chi connectivity index (χ1n) is 9.29. The van der Waals surface area contributed by atoms with Gasteiger partial charge in [-0.25, -0.2) is 13.2 Å². The van der Waals surface area contributed by atoms with Crippen LogP contribution in [0.25, 0.3) is 0 Å². The molecule has 162 valence electrons. The molecule has 0 N–H and O–H groups in total. The third kappa shape index (κ3) is 8.66. The minimum atomic E-state index is -1.15. The Balaban J connectivity index is 5.11. The maximum Gasteiger partial charge on any atom is 0.166 e. The zero-order chi connectivity index (χ0) is 23.6. The molecule has 1 nitrogen and oxygen atoms in total. The summed E-state index contributed by atoms with van der Waals surface area (Å²) in [5.41, 5.74) is 0.472. The summed E-state index contributed by atoms with van der Waals surface area (Å²) in [5.74, 6) is -2.71. The van der Waals surface area contributed by atoms with E-state index in [1.54, 1.807) is 13.0 Å². The summed E-state index contributed by atoms with van der Waals surface area (Å²) in [7, 11) is 0. The third-order valence-corrected chi connectivity index (χ3v) is 4.23. The highest BCUT2D eigenvalue weighted by Crippen LogP contribution is 2.27. The van der Waals surface area contributed by atoms with E-state index in [2.05, 4.69) is 46.1 Å². The summed E-state index contributed by atoms with van der Waals surface area (Å²) in [6, 6.07) is 0. The molecule has 0 aromatic heterocycles. The van der Waals surface area contributed by atoms with E-state index in [4.69, 9.17) is 4.74 Å². The van der Waals surface area contributed by atoms with Crippen molar-refractivity contribution in [2.75, 3.05) is 6.61 Å². The molecule has 2 unspecified atom stereocenters. The molecule has 0 aromatic carbocycles. The lowest BCUT2D eigenvalue weighted by atomic mass is 10.0. The van der Waals surface area contributed by atoms with Gasteiger partial charge in [0.15, 0.2) is 11.7 Å². The first-order chi connectivity index (χ1) is 13.8. The van der Waals surface area contributed by atoms with Crippen molar-refractivity contribution in [3.63, 3.8) is 0 Å². The molecule has 4 heteroatoms. The van der Waals surface area contributed by atoms with Gasteiger partial charge in [0.25, 0.3) is 0 Å². The lowest BCUT2D eigenvalue weighted by Crippen LogP contribution is -2.14. The Bertz CT molecular complexity index is 850. The molecular formula is C26H31F3O. The standard InChI is InChI=1S/C26H31F3O/c1-11-17(4)15-30-23(10)20(7)14-24(27)21(8)18(5)12-13-19(6)22(9)26(29)25(28)16(2)3/h11-14,17,23H,1-2,5-9,15H2,3-4,10H3/b13-12-,24-14+,26-25-. The molecule has 0 aliphatic heterocycles. The van der Waals surface area contributed by atoms with E-state index in [1.807, 2.05) is 6.92 Å². The van der Waals surface area contributed by atoms with Crippen molar-refractivity contribution >= 4 is 0 Å². The Kier molecular flexibility index (Phi) is 11.5. The van der Waals surface area contributed by atoms with Crippen LogP contribution in [0.4, 0.5) is 13.2 Å². The van der Waals surface area contributed by atoms with Crippen molar-refractivity contribution in [1.29, 1.82) is 0 Å². The minimum absolute atomic E-state index is 0.0154. The molecule has 0 saturated heterocycles. The number of hydrogen-bond acceptors (Lipinski definition) is 1. The summed E-state index contributed by atoms with van der Waals surface area (Å²) in [6.07, 6.45) is 5.34. The fraction of sp³-hybridized carbons (Fsp3) is 0.231. The molecule has 0 saturated carbocycles. The lowest BCUT2D eigenvalue weighted by molar-refractivity contribution is 0.0774. The maximum absolute atomic E-state index is 14.5. The first-order valence-corrected chi connectivity index (χ1v) is 9.29. The van der Waals surface area contributed by atoms with Gasteiger partial charge in [0, 0.05) is 11.1 Å². The van der Waals surface area contributed by atoms with Gasteiger partial charge in [-0.2, -0.15) is 0 Å².